The van der Waals surface area contributed by atoms with Gasteiger partial charge in [0.25, 0.3) is 0 Å². The Balaban J connectivity index is 1.55. The summed E-state index contributed by atoms with van der Waals surface area (Å²) in [6.45, 7) is 5.28. The maximum Gasteiger partial charge on any atom is 0.120 e. The van der Waals surface area contributed by atoms with E-state index in [2.05, 4.69) is 17.2 Å². The summed E-state index contributed by atoms with van der Waals surface area (Å²) < 4.78 is 7.38. The first-order chi connectivity index (χ1) is 9.76. The molecule has 1 aromatic heterocycles. The van der Waals surface area contributed by atoms with E-state index in [1.807, 2.05) is 17.7 Å². The summed E-state index contributed by atoms with van der Waals surface area (Å²) in [5, 5.41) is 9.01. The van der Waals surface area contributed by atoms with Crippen LogP contribution < -0.4 is 0 Å². The highest BCUT2D eigenvalue weighted by Crippen LogP contribution is 2.31. The van der Waals surface area contributed by atoms with Crippen LogP contribution in [0.1, 0.15) is 30.5 Å². The lowest BCUT2D eigenvalue weighted by Gasteiger charge is -2.27. The molecule has 1 unspecified atom stereocenters. The minimum absolute atomic E-state index is 0.750. The van der Waals surface area contributed by atoms with Crippen molar-refractivity contribution in [3.63, 3.8) is 0 Å². The Morgan fingerprint density at radius 1 is 1.30 bits per heavy atom. The summed E-state index contributed by atoms with van der Waals surface area (Å²) in [6, 6.07) is 4.25. The number of aromatic nitrogens is 1. The molecule has 108 valence electrons. The largest absolute Gasteiger partial charge is 0.381 e. The zero-order valence-corrected chi connectivity index (χ0v) is 12.2. The number of likely N-dealkylation sites (tertiary alicyclic amines) is 1. The number of aryl methyl sites for hydroxylation is 1. The van der Waals surface area contributed by atoms with Gasteiger partial charge in [0.1, 0.15) is 11.8 Å². The third-order valence-corrected chi connectivity index (χ3v) is 4.82. The molecular formula is C16H23N3O. The van der Waals surface area contributed by atoms with Crippen LogP contribution in [0.25, 0.3) is 0 Å². The molecule has 2 aliphatic rings. The highest BCUT2D eigenvalue weighted by molar-refractivity contribution is 5.28. The fourth-order valence-corrected chi connectivity index (χ4v) is 3.67. The zero-order valence-electron chi connectivity index (χ0n) is 12.2. The van der Waals surface area contributed by atoms with E-state index in [4.69, 9.17) is 10.00 Å². The van der Waals surface area contributed by atoms with E-state index in [0.29, 0.717) is 0 Å². The van der Waals surface area contributed by atoms with Crippen molar-refractivity contribution in [1.82, 2.24) is 9.47 Å². The Hall–Kier alpha value is -1.31. The van der Waals surface area contributed by atoms with Crippen molar-refractivity contribution in [2.75, 3.05) is 26.3 Å². The molecule has 0 amide bonds. The predicted octanol–water partition coefficient (Wildman–Crippen LogP) is 2.15. The molecule has 4 heteroatoms. The molecule has 20 heavy (non-hydrogen) atoms. The van der Waals surface area contributed by atoms with Crippen molar-refractivity contribution in [3.05, 3.63) is 23.5 Å². The van der Waals surface area contributed by atoms with Crippen LogP contribution in [0.15, 0.2) is 12.3 Å². The van der Waals surface area contributed by atoms with Crippen molar-refractivity contribution in [2.45, 2.75) is 25.8 Å². The van der Waals surface area contributed by atoms with Gasteiger partial charge in [-0.2, -0.15) is 5.26 Å². The number of nitriles is 1. The van der Waals surface area contributed by atoms with Crippen molar-refractivity contribution < 1.29 is 4.74 Å². The first-order valence-electron chi connectivity index (χ1n) is 7.61. The fourth-order valence-electron chi connectivity index (χ4n) is 3.67. The van der Waals surface area contributed by atoms with Crippen molar-refractivity contribution in [1.29, 1.82) is 5.26 Å². The summed E-state index contributed by atoms with van der Waals surface area (Å²) in [5.41, 5.74) is 2.01. The second kappa shape index (κ2) is 5.99. The van der Waals surface area contributed by atoms with E-state index in [1.54, 1.807) is 0 Å². The standard InChI is InChI=1S/C16H23N3O/c1-18-10-13(8-16(18)9-17)11-19-5-2-15(12-19)14-3-6-20-7-4-14/h8,10,14-15H,2-7,11-12H2,1H3. The lowest BCUT2D eigenvalue weighted by Crippen LogP contribution is -2.26. The van der Waals surface area contributed by atoms with Gasteiger partial charge < -0.3 is 9.30 Å². The van der Waals surface area contributed by atoms with E-state index in [-0.39, 0.29) is 0 Å². The molecule has 2 aliphatic heterocycles. The molecule has 3 rings (SSSR count). The molecule has 2 fully saturated rings. The molecule has 1 aromatic rings. The molecule has 0 aliphatic carbocycles. The van der Waals surface area contributed by atoms with Crippen LogP contribution in [-0.2, 0) is 18.3 Å². The van der Waals surface area contributed by atoms with E-state index in [0.717, 1.165) is 37.3 Å². The van der Waals surface area contributed by atoms with Gasteiger partial charge in [-0.05, 0) is 49.3 Å². The number of hydrogen-bond donors (Lipinski definition) is 0. The highest BCUT2D eigenvalue weighted by Gasteiger charge is 2.30. The van der Waals surface area contributed by atoms with Gasteiger partial charge >= 0.3 is 0 Å². The van der Waals surface area contributed by atoms with Gasteiger partial charge in [0, 0.05) is 39.5 Å². The average Bonchev–Trinajstić information content (AvgIpc) is 3.07. The number of nitrogens with zero attached hydrogens (tertiary/aromatic N) is 3. The monoisotopic (exact) mass is 273 g/mol. The molecule has 1 atom stereocenters. The Labute approximate surface area is 120 Å². The van der Waals surface area contributed by atoms with Crippen LogP contribution in [0, 0.1) is 23.2 Å². The SMILES string of the molecule is Cn1cc(CN2CCC(C3CCOCC3)C2)cc1C#N. The smallest absolute Gasteiger partial charge is 0.120 e. The number of rotatable bonds is 3. The molecule has 0 aromatic carbocycles. The third-order valence-electron chi connectivity index (χ3n) is 4.82. The molecule has 0 radical (unpaired) electrons. The minimum atomic E-state index is 0.750. The zero-order chi connectivity index (χ0) is 13.9. The average molecular weight is 273 g/mol. The van der Waals surface area contributed by atoms with E-state index in [1.165, 1.54) is 37.9 Å². The molecule has 0 bridgehead atoms. The van der Waals surface area contributed by atoms with E-state index in [9.17, 15) is 0 Å². The third kappa shape index (κ3) is 2.89. The van der Waals surface area contributed by atoms with Gasteiger partial charge in [0.2, 0.25) is 0 Å². The van der Waals surface area contributed by atoms with E-state index < -0.39 is 0 Å². The number of ether oxygens (including phenoxy) is 1. The number of hydrogen-bond acceptors (Lipinski definition) is 3. The molecule has 0 spiro atoms. The lowest BCUT2D eigenvalue weighted by atomic mass is 9.85. The topological polar surface area (TPSA) is 41.2 Å². The van der Waals surface area contributed by atoms with Gasteiger partial charge in [0.15, 0.2) is 0 Å². The van der Waals surface area contributed by atoms with Crippen LogP contribution in [0.4, 0.5) is 0 Å². The first-order valence-corrected chi connectivity index (χ1v) is 7.61. The summed E-state index contributed by atoms with van der Waals surface area (Å²) in [5.74, 6) is 1.71. The summed E-state index contributed by atoms with van der Waals surface area (Å²) in [7, 11) is 1.94. The van der Waals surface area contributed by atoms with Crippen LogP contribution in [-0.4, -0.2) is 35.8 Å². The molecule has 0 saturated carbocycles. The second-order valence-electron chi connectivity index (χ2n) is 6.19. The maximum absolute atomic E-state index is 9.01. The molecular weight excluding hydrogens is 250 g/mol. The van der Waals surface area contributed by atoms with E-state index >= 15 is 0 Å². The van der Waals surface area contributed by atoms with Gasteiger partial charge in [-0.25, -0.2) is 0 Å². The fraction of sp³-hybridized carbons (Fsp3) is 0.688. The quantitative estimate of drug-likeness (QED) is 0.847. The second-order valence-corrected chi connectivity index (χ2v) is 6.19. The van der Waals surface area contributed by atoms with Crippen LogP contribution in [0.5, 0.6) is 0 Å². The Kier molecular flexibility index (Phi) is 4.09. The molecule has 4 nitrogen and oxygen atoms in total. The first kappa shape index (κ1) is 13.7. The van der Waals surface area contributed by atoms with Gasteiger partial charge in [0.05, 0.1) is 0 Å². The minimum Gasteiger partial charge on any atom is -0.381 e. The summed E-state index contributed by atoms with van der Waals surface area (Å²) in [4.78, 5) is 2.54. The van der Waals surface area contributed by atoms with Crippen molar-refractivity contribution in [3.8, 4) is 6.07 Å². The van der Waals surface area contributed by atoms with Crippen molar-refractivity contribution >= 4 is 0 Å². The molecule has 2 saturated heterocycles. The normalized spacial score (nSPS) is 24.9. The van der Waals surface area contributed by atoms with Gasteiger partial charge in [-0.15, -0.1) is 0 Å². The van der Waals surface area contributed by atoms with Crippen LogP contribution >= 0.6 is 0 Å². The van der Waals surface area contributed by atoms with Gasteiger partial charge in [-0.1, -0.05) is 0 Å². The van der Waals surface area contributed by atoms with Crippen LogP contribution in [0.3, 0.4) is 0 Å². The lowest BCUT2D eigenvalue weighted by molar-refractivity contribution is 0.0477. The Bertz CT molecular complexity index is 496. The Morgan fingerprint density at radius 2 is 2.10 bits per heavy atom. The summed E-state index contributed by atoms with van der Waals surface area (Å²) >= 11 is 0. The highest BCUT2D eigenvalue weighted by atomic mass is 16.5. The van der Waals surface area contributed by atoms with Crippen LogP contribution in [0.2, 0.25) is 0 Å². The molecule has 0 N–H and O–H groups in total. The Morgan fingerprint density at radius 3 is 2.80 bits per heavy atom. The molecule has 3 heterocycles. The van der Waals surface area contributed by atoms with Gasteiger partial charge in [-0.3, -0.25) is 4.90 Å². The van der Waals surface area contributed by atoms with Crippen molar-refractivity contribution in [2.24, 2.45) is 18.9 Å². The predicted molar refractivity (Wildman–Crippen MR) is 77.1 cm³/mol. The maximum atomic E-state index is 9.01. The summed E-state index contributed by atoms with van der Waals surface area (Å²) in [6.07, 6.45) is 5.88.